The van der Waals surface area contributed by atoms with Crippen LogP contribution in [0.3, 0.4) is 0 Å². The molecule has 0 radical (unpaired) electrons. The van der Waals surface area contributed by atoms with Crippen molar-refractivity contribution >= 4 is 11.9 Å². The van der Waals surface area contributed by atoms with E-state index in [-0.39, 0.29) is 18.5 Å². The van der Waals surface area contributed by atoms with Gasteiger partial charge in [0.05, 0.1) is 25.4 Å². The molecule has 0 saturated carbocycles. The number of aliphatic hydroxyl groups is 2. The SMILES string of the molecule is CCCCC/C=C\C/C=C\CCCCCCCC(=O)OCCCCCCCCCCCCCCCCCCCCCCCCCCCCCC(=O)NC(CO)C(O)/C=C/CCCCCCCCCCCCCCCCCCCCCC. The Hall–Kier alpha value is -1.92. The van der Waals surface area contributed by atoms with Crippen LogP contribution in [0.1, 0.15) is 406 Å². The summed E-state index contributed by atoms with van der Waals surface area (Å²) in [7, 11) is 0. The molecule has 6 heteroatoms. The maximum Gasteiger partial charge on any atom is 0.305 e. The summed E-state index contributed by atoms with van der Waals surface area (Å²) in [5, 5.41) is 23.3. The van der Waals surface area contributed by atoms with Gasteiger partial charge in [-0.25, -0.2) is 0 Å². The number of hydrogen-bond donors (Lipinski definition) is 3. The summed E-state index contributed by atoms with van der Waals surface area (Å²) in [5.74, 6) is -0.0570. The highest BCUT2D eigenvalue weighted by atomic mass is 16.5. The van der Waals surface area contributed by atoms with Crippen LogP contribution in [0.15, 0.2) is 36.5 Å². The number of aliphatic hydroxyl groups excluding tert-OH is 2. The molecule has 0 bridgehead atoms. The molecule has 0 spiro atoms. The first-order chi connectivity index (χ1) is 40.0. The largest absolute Gasteiger partial charge is 0.466 e. The van der Waals surface area contributed by atoms with E-state index >= 15 is 0 Å². The lowest BCUT2D eigenvalue weighted by molar-refractivity contribution is -0.143. The summed E-state index contributed by atoms with van der Waals surface area (Å²) in [6.45, 7) is 4.91. The number of rotatable bonds is 69. The smallest absolute Gasteiger partial charge is 0.305 e. The van der Waals surface area contributed by atoms with Gasteiger partial charge in [-0.15, -0.1) is 0 Å². The summed E-state index contributed by atoms with van der Waals surface area (Å²) >= 11 is 0. The van der Waals surface area contributed by atoms with Gasteiger partial charge < -0.3 is 20.3 Å². The first kappa shape index (κ1) is 79.1. The van der Waals surface area contributed by atoms with Crippen molar-refractivity contribution in [2.24, 2.45) is 0 Å². The van der Waals surface area contributed by atoms with Crippen LogP contribution < -0.4 is 5.32 Å². The maximum atomic E-state index is 12.5. The van der Waals surface area contributed by atoms with Gasteiger partial charge in [0.2, 0.25) is 5.91 Å². The number of allylic oxidation sites excluding steroid dienone is 5. The summed E-state index contributed by atoms with van der Waals surface area (Å²) in [6, 6.07) is -0.627. The van der Waals surface area contributed by atoms with Gasteiger partial charge >= 0.3 is 5.97 Å². The molecule has 81 heavy (non-hydrogen) atoms. The number of hydrogen-bond acceptors (Lipinski definition) is 5. The summed E-state index contributed by atoms with van der Waals surface area (Å²) in [5.41, 5.74) is 0. The van der Waals surface area contributed by atoms with Gasteiger partial charge in [-0.1, -0.05) is 365 Å². The van der Waals surface area contributed by atoms with E-state index in [9.17, 15) is 19.8 Å². The van der Waals surface area contributed by atoms with Crippen LogP contribution in [0, 0.1) is 0 Å². The Bertz CT molecular complexity index is 1310. The molecule has 0 fully saturated rings. The third kappa shape index (κ3) is 67.1. The van der Waals surface area contributed by atoms with E-state index in [1.165, 1.54) is 327 Å². The van der Waals surface area contributed by atoms with Crippen molar-refractivity contribution < 1.29 is 24.5 Å². The molecule has 478 valence electrons. The molecule has 0 aliphatic heterocycles. The monoisotopic (exact) mass is 1140 g/mol. The molecule has 0 aromatic heterocycles. The van der Waals surface area contributed by atoms with E-state index < -0.39 is 12.1 Å². The first-order valence-corrected chi connectivity index (χ1v) is 36.8. The highest BCUT2D eigenvalue weighted by Crippen LogP contribution is 2.19. The zero-order valence-electron chi connectivity index (χ0n) is 54.8. The van der Waals surface area contributed by atoms with Crippen molar-refractivity contribution in [1.29, 1.82) is 0 Å². The fourth-order valence-electron chi connectivity index (χ4n) is 11.6. The van der Waals surface area contributed by atoms with Crippen LogP contribution >= 0.6 is 0 Å². The van der Waals surface area contributed by atoms with Crippen molar-refractivity contribution in [2.75, 3.05) is 13.2 Å². The number of nitrogens with one attached hydrogen (secondary N) is 1. The van der Waals surface area contributed by atoms with Gasteiger partial charge in [0, 0.05) is 12.8 Å². The summed E-state index contributed by atoms with van der Waals surface area (Å²) in [6.07, 6.45) is 90.9. The van der Waals surface area contributed by atoms with Gasteiger partial charge in [0.25, 0.3) is 0 Å². The zero-order chi connectivity index (χ0) is 58.5. The third-order valence-corrected chi connectivity index (χ3v) is 17.2. The van der Waals surface area contributed by atoms with Gasteiger partial charge in [-0.05, 0) is 64.2 Å². The minimum atomic E-state index is -0.844. The van der Waals surface area contributed by atoms with E-state index in [4.69, 9.17) is 4.74 Å². The van der Waals surface area contributed by atoms with Crippen LogP contribution in [-0.4, -0.2) is 47.4 Å². The Kier molecular flexibility index (Phi) is 68.9. The molecule has 0 aliphatic rings. The number of esters is 1. The van der Waals surface area contributed by atoms with Crippen LogP contribution in [0.5, 0.6) is 0 Å². The predicted octanol–water partition coefficient (Wildman–Crippen LogP) is 23.9. The molecular weight excluding hydrogens is 995 g/mol. The van der Waals surface area contributed by atoms with Crippen molar-refractivity contribution in [1.82, 2.24) is 5.32 Å². The number of carbonyl (C=O) groups excluding carboxylic acids is 2. The maximum absolute atomic E-state index is 12.5. The lowest BCUT2D eigenvalue weighted by atomic mass is 10.0. The van der Waals surface area contributed by atoms with Crippen LogP contribution in [-0.2, 0) is 14.3 Å². The second kappa shape index (κ2) is 70.6. The summed E-state index contributed by atoms with van der Waals surface area (Å²) < 4.78 is 5.49. The molecule has 0 aliphatic carbocycles. The number of ether oxygens (including phenoxy) is 1. The highest BCUT2D eigenvalue weighted by Gasteiger charge is 2.18. The normalized spacial score (nSPS) is 12.7. The Balaban J connectivity index is 3.38. The molecule has 0 aromatic carbocycles. The molecule has 0 heterocycles. The van der Waals surface area contributed by atoms with Gasteiger partial charge in [-0.3, -0.25) is 9.59 Å². The zero-order valence-corrected chi connectivity index (χ0v) is 54.8. The lowest BCUT2D eigenvalue weighted by Gasteiger charge is -2.20. The Morgan fingerprint density at radius 3 is 0.963 bits per heavy atom. The molecule has 0 rings (SSSR count). The standard InChI is InChI=1S/C75H143NO5/c1-3-5-7-9-11-13-15-17-19-20-21-22-30-33-36-40-43-47-51-55-59-63-67-73(78)72(71-77)76-74(79)68-64-60-56-52-48-44-41-37-34-31-28-26-24-23-25-27-29-32-35-38-42-46-50-54-58-62-66-70-81-75(80)69-65-61-57-53-49-45-39-18-16-14-12-10-8-6-4-2/h12,14,18,39,63,67,72-73,77-78H,3-11,13,15-17,19-38,40-62,64-66,68-71H2,1-2H3,(H,76,79)/b14-12-,39-18-,67-63+. The Labute approximate surface area is 506 Å². The first-order valence-electron chi connectivity index (χ1n) is 36.8. The van der Waals surface area contributed by atoms with Crippen molar-refractivity contribution in [3.05, 3.63) is 36.5 Å². The third-order valence-electron chi connectivity index (χ3n) is 17.2. The predicted molar refractivity (Wildman–Crippen MR) is 356 cm³/mol. The average molecular weight is 1140 g/mol. The highest BCUT2D eigenvalue weighted by molar-refractivity contribution is 5.76. The minimum Gasteiger partial charge on any atom is -0.466 e. The minimum absolute atomic E-state index is 0.00421. The van der Waals surface area contributed by atoms with E-state index in [1.807, 2.05) is 6.08 Å². The number of unbranched alkanes of at least 4 members (excludes halogenated alkanes) is 54. The Morgan fingerprint density at radius 2 is 0.617 bits per heavy atom. The molecule has 6 nitrogen and oxygen atoms in total. The van der Waals surface area contributed by atoms with Crippen LogP contribution in [0.4, 0.5) is 0 Å². The van der Waals surface area contributed by atoms with E-state index in [0.717, 1.165) is 51.4 Å². The van der Waals surface area contributed by atoms with Gasteiger partial charge in [-0.2, -0.15) is 0 Å². The van der Waals surface area contributed by atoms with Crippen molar-refractivity contribution in [2.45, 2.75) is 418 Å². The average Bonchev–Trinajstić information content (AvgIpc) is 3.47. The fraction of sp³-hybridized carbons (Fsp3) is 0.893. The summed E-state index contributed by atoms with van der Waals surface area (Å²) in [4.78, 5) is 24.6. The van der Waals surface area contributed by atoms with E-state index in [2.05, 4.69) is 43.5 Å². The number of amides is 1. The number of carbonyl (C=O) groups is 2. The van der Waals surface area contributed by atoms with Gasteiger partial charge in [0.15, 0.2) is 0 Å². The topological polar surface area (TPSA) is 95.9 Å². The van der Waals surface area contributed by atoms with E-state index in [0.29, 0.717) is 19.4 Å². The van der Waals surface area contributed by atoms with Crippen molar-refractivity contribution in [3.8, 4) is 0 Å². The Morgan fingerprint density at radius 1 is 0.346 bits per heavy atom. The second-order valence-corrected chi connectivity index (χ2v) is 25.3. The molecule has 2 unspecified atom stereocenters. The van der Waals surface area contributed by atoms with Crippen LogP contribution in [0.2, 0.25) is 0 Å². The lowest BCUT2D eigenvalue weighted by Crippen LogP contribution is -2.45. The van der Waals surface area contributed by atoms with E-state index in [1.54, 1.807) is 6.08 Å². The fourth-order valence-corrected chi connectivity index (χ4v) is 11.6. The van der Waals surface area contributed by atoms with Crippen molar-refractivity contribution in [3.63, 3.8) is 0 Å². The molecule has 0 aromatic rings. The second-order valence-electron chi connectivity index (χ2n) is 25.3. The molecule has 0 saturated heterocycles. The van der Waals surface area contributed by atoms with Crippen LogP contribution in [0.25, 0.3) is 0 Å². The molecule has 2 atom stereocenters. The molecule has 3 N–H and O–H groups in total. The molecular formula is C75H143NO5. The quantitative estimate of drug-likeness (QED) is 0.0320. The van der Waals surface area contributed by atoms with Gasteiger partial charge in [0.1, 0.15) is 0 Å². The molecule has 1 amide bonds.